The average Bonchev–Trinajstić information content (AvgIpc) is 2.70. The Labute approximate surface area is 102 Å². The van der Waals surface area contributed by atoms with Gasteiger partial charge in [0, 0.05) is 6.61 Å². The first-order valence-electron chi connectivity index (χ1n) is 6.21. The molecule has 17 heavy (non-hydrogen) atoms. The highest BCUT2D eigenvalue weighted by Crippen LogP contribution is 2.36. The third-order valence-corrected chi connectivity index (χ3v) is 2.98. The number of rotatable bonds is 5. The summed E-state index contributed by atoms with van der Waals surface area (Å²) in [7, 11) is 0. The first-order chi connectivity index (χ1) is 8.03. The Morgan fingerprint density at radius 3 is 2.76 bits per heavy atom. The lowest BCUT2D eigenvalue weighted by Crippen LogP contribution is -2.26. The molecule has 2 rings (SSSR count). The van der Waals surface area contributed by atoms with Gasteiger partial charge in [0.1, 0.15) is 6.10 Å². The Bertz CT molecular complexity index is 332. The minimum atomic E-state index is -0.673. The summed E-state index contributed by atoms with van der Waals surface area (Å²) in [4.78, 5) is 11.7. The van der Waals surface area contributed by atoms with Gasteiger partial charge in [-0.25, -0.2) is 0 Å². The van der Waals surface area contributed by atoms with E-state index in [2.05, 4.69) is 6.92 Å². The van der Waals surface area contributed by atoms with E-state index in [0.717, 1.165) is 25.0 Å². The van der Waals surface area contributed by atoms with E-state index in [4.69, 9.17) is 14.2 Å². The zero-order chi connectivity index (χ0) is 12.5. The van der Waals surface area contributed by atoms with Crippen LogP contribution in [0.15, 0.2) is 11.6 Å². The van der Waals surface area contributed by atoms with E-state index in [0.29, 0.717) is 6.61 Å². The summed E-state index contributed by atoms with van der Waals surface area (Å²) in [6.45, 7) is 6.96. The van der Waals surface area contributed by atoms with Gasteiger partial charge in [-0.05, 0) is 31.9 Å². The molecule has 0 N–H and O–H groups in total. The first-order valence-corrected chi connectivity index (χ1v) is 6.21. The maximum atomic E-state index is 11.7. The van der Waals surface area contributed by atoms with Crippen molar-refractivity contribution in [2.45, 2.75) is 51.6 Å². The number of fused-ring (bicyclic) bond motifs is 1. The molecule has 1 aliphatic carbocycles. The van der Waals surface area contributed by atoms with Crippen molar-refractivity contribution in [3.8, 4) is 0 Å². The summed E-state index contributed by atoms with van der Waals surface area (Å²) >= 11 is 0. The molecule has 1 saturated heterocycles. The number of hydrogen-bond acceptors (Lipinski definition) is 4. The molecule has 0 aromatic rings. The molecule has 0 spiro atoms. The highest BCUT2D eigenvalue weighted by atomic mass is 16.8. The summed E-state index contributed by atoms with van der Waals surface area (Å²) < 4.78 is 16.8. The standard InChI is InChI=1S/C13H20O4/c1-4-5-6-15-8-9-7-10(14)12-11(9)16-13(2,3)17-12/h7,11-12H,4-6,8H2,1-3H3/t11-,12+/m1/s1. The van der Waals surface area contributed by atoms with E-state index in [-0.39, 0.29) is 11.9 Å². The fourth-order valence-corrected chi connectivity index (χ4v) is 2.15. The number of ether oxygens (including phenoxy) is 3. The Balaban J connectivity index is 1.91. The second-order valence-electron chi connectivity index (χ2n) is 5.00. The van der Waals surface area contributed by atoms with Crippen molar-refractivity contribution in [3.05, 3.63) is 11.6 Å². The van der Waals surface area contributed by atoms with E-state index >= 15 is 0 Å². The smallest absolute Gasteiger partial charge is 0.187 e. The van der Waals surface area contributed by atoms with E-state index in [1.807, 2.05) is 13.8 Å². The molecule has 1 fully saturated rings. The maximum Gasteiger partial charge on any atom is 0.187 e. The minimum absolute atomic E-state index is 0.00494. The predicted molar refractivity (Wildman–Crippen MR) is 62.6 cm³/mol. The summed E-state index contributed by atoms with van der Waals surface area (Å²) in [5.74, 6) is -0.678. The van der Waals surface area contributed by atoms with E-state index < -0.39 is 11.9 Å². The lowest BCUT2D eigenvalue weighted by Gasteiger charge is -2.18. The number of carbonyl (C=O) groups excluding carboxylic acids is 1. The first kappa shape index (κ1) is 12.7. The molecule has 4 nitrogen and oxygen atoms in total. The van der Waals surface area contributed by atoms with Gasteiger partial charge in [0.25, 0.3) is 0 Å². The molecule has 4 heteroatoms. The van der Waals surface area contributed by atoms with E-state index in [1.165, 1.54) is 0 Å². The van der Waals surface area contributed by atoms with Gasteiger partial charge in [0.05, 0.1) is 6.61 Å². The van der Waals surface area contributed by atoms with E-state index in [1.54, 1.807) is 6.08 Å². The molecule has 1 heterocycles. The fraction of sp³-hybridized carbons (Fsp3) is 0.769. The highest BCUT2D eigenvalue weighted by Gasteiger charge is 2.49. The van der Waals surface area contributed by atoms with Crippen molar-refractivity contribution < 1.29 is 19.0 Å². The molecule has 0 bridgehead atoms. The highest BCUT2D eigenvalue weighted by molar-refractivity contribution is 5.98. The molecular weight excluding hydrogens is 220 g/mol. The van der Waals surface area contributed by atoms with Gasteiger partial charge in [-0.2, -0.15) is 0 Å². The quantitative estimate of drug-likeness (QED) is 0.688. The molecule has 0 aromatic heterocycles. The van der Waals surface area contributed by atoms with Crippen molar-refractivity contribution in [2.24, 2.45) is 0 Å². The van der Waals surface area contributed by atoms with Gasteiger partial charge < -0.3 is 14.2 Å². The maximum absolute atomic E-state index is 11.7. The minimum Gasteiger partial charge on any atom is -0.377 e. The largest absolute Gasteiger partial charge is 0.377 e. The van der Waals surface area contributed by atoms with Crippen LogP contribution in [0.4, 0.5) is 0 Å². The Kier molecular flexibility index (Phi) is 3.66. The summed E-state index contributed by atoms with van der Waals surface area (Å²) in [6, 6.07) is 0. The molecule has 96 valence electrons. The summed E-state index contributed by atoms with van der Waals surface area (Å²) in [6.07, 6.45) is 3.04. The SMILES string of the molecule is CCCCOCC1=CC(=O)[C@@H]2OC(C)(C)O[C@H]12. The number of carbonyl (C=O) groups is 1. The molecule has 0 saturated carbocycles. The molecule has 2 atom stereocenters. The lowest BCUT2D eigenvalue weighted by molar-refractivity contribution is -0.153. The fourth-order valence-electron chi connectivity index (χ4n) is 2.15. The van der Waals surface area contributed by atoms with Gasteiger partial charge in [0.15, 0.2) is 17.7 Å². The van der Waals surface area contributed by atoms with Gasteiger partial charge >= 0.3 is 0 Å². The molecular formula is C13H20O4. The van der Waals surface area contributed by atoms with Crippen LogP contribution in [0.2, 0.25) is 0 Å². The molecule has 1 aliphatic heterocycles. The molecule has 0 radical (unpaired) electrons. The van der Waals surface area contributed by atoms with Crippen molar-refractivity contribution in [2.75, 3.05) is 13.2 Å². The zero-order valence-electron chi connectivity index (χ0n) is 10.7. The Hall–Kier alpha value is -0.710. The normalized spacial score (nSPS) is 30.5. The number of unbranched alkanes of at least 4 members (excludes halogenated alkanes) is 1. The van der Waals surface area contributed by atoms with E-state index in [9.17, 15) is 4.79 Å². The van der Waals surface area contributed by atoms with Gasteiger partial charge in [-0.3, -0.25) is 4.79 Å². The summed E-state index contributed by atoms with van der Waals surface area (Å²) in [5, 5.41) is 0. The monoisotopic (exact) mass is 240 g/mol. The zero-order valence-corrected chi connectivity index (χ0v) is 10.7. The van der Waals surface area contributed by atoms with Crippen LogP contribution >= 0.6 is 0 Å². The van der Waals surface area contributed by atoms with Crippen LogP contribution in [-0.2, 0) is 19.0 Å². The second kappa shape index (κ2) is 4.88. The van der Waals surface area contributed by atoms with Crippen molar-refractivity contribution in [3.63, 3.8) is 0 Å². The van der Waals surface area contributed by atoms with Crippen LogP contribution in [0, 0.1) is 0 Å². The van der Waals surface area contributed by atoms with Crippen LogP contribution in [0.25, 0.3) is 0 Å². The number of ketones is 1. The summed E-state index contributed by atoms with van der Waals surface area (Å²) in [5.41, 5.74) is 0.904. The van der Waals surface area contributed by atoms with Crippen LogP contribution in [0.3, 0.4) is 0 Å². The van der Waals surface area contributed by atoms with Gasteiger partial charge in [-0.15, -0.1) is 0 Å². The third kappa shape index (κ3) is 2.76. The Morgan fingerprint density at radius 2 is 2.06 bits per heavy atom. The average molecular weight is 240 g/mol. The molecule has 0 amide bonds. The molecule has 0 unspecified atom stereocenters. The van der Waals surface area contributed by atoms with Crippen LogP contribution in [-0.4, -0.2) is 37.0 Å². The predicted octanol–water partition coefficient (Wildman–Crippen LogP) is 1.83. The second-order valence-corrected chi connectivity index (χ2v) is 5.00. The van der Waals surface area contributed by atoms with Crippen molar-refractivity contribution in [1.82, 2.24) is 0 Å². The van der Waals surface area contributed by atoms with Gasteiger partial charge in [-0.1, -0.05) is 13.3 Å². The molecule has 2 aliphatic rings. The van der Waals surface area contributed by atoms with Crippen LogP contribution in [0.1, 0.15) is 33.6 Å². The van der Waals surface area contributed by atoms with Crippen molar-refractivity contribution >= 4 is 5.78 Å². The van der Waals surface area contributed by atoms with Gasteiger partial charge in [0.2, 0.25) is 0 Å². The topological polar surface area (TPSA) is 44.8 Å². The van der Waals surface area contributed by atoms with Crippen LogP contribution in [0.5, 0.6) is 0 Å². The molecule has 0 aromatic carbocycles. The van der Waals surface area contributed by atoms with Crippen molar-refractivity contribution in [1.29, 1.82) is 0 Å². The lowest BCUT2D eigenvalue weighted by atomic mass is 10.2. The number of hydrogen-bond donors (Lipinski definition) is 0. The Morgan fingerprint density at radius 1 is 1.35 bits per heavy atom. The van der Waals surface area contributed by atoms with Crippen LogP contribution < -0.4 is 0 Å². The third-order valence-electron chi connectivity index (χ3n) is 2.98.